The minimum atomic E-state index is -0.549. The largest absolute Gasteiger partial charge is 0.354 e. The van der Waals surface area contributed by atoms with Gasteiger partial charge in [-0.25, -0.2) is 0 Å². The minimum Gasteiger partial charge on any atom is -0.354 e. The van der Waals surface area contributed by atoms with Gasteiger partial charge < -0.3 is 10.2 Å². The van der Waals surface area contributed by atoms with Crippen LogP contribution >= 0.6 is 23.2 Å². The van der Waals surface area contributed by atoms with E-state index in [1.165, 1.54) is 0 Å². The number of halogens is 2. The molecule has 156 valence electrons. The van der Waals surface area contributed by atoms with Gasteiger partial charge in [0.05, 0.1) is 16.5 Å². The summed E-state index contributed by atoms with van der Waals surface area (Å²) >= 11 is 12.2. The highest BCUT2D eigenvalue weighted by atomic mass is 35.5. The van der Waals surface area contributed by atoms with E-state index in [2.05, 4.69) is 5.32 Å². The van der Waals surface area contributed by atoms with Crippen molar-refractivity contribution < 1.29 is 9.59 Å². The van der Waals surface area contributed by atoms with Crippen LogP contribution in [0.2, 0.25) is 10.0 Å². The van der Waals surface area contributed by atoms with Crippen LogP contribution in [0, 0.1) is 6.92 Å². The summed E-state index contributed by atoms with van der Waals surface area (Å²) in [6.45, 7) is 6.77. The molecule has 0 saturated carbocycles. The van der Waals surface area contributed by atoms with Crippen molar-refractivity contribution in [3.05, 3.63) is 69.2 Å². The molecule has 0 aromatic heterocycles. The normalized spacial score (nSPS) is 11.8. The van der Waals surface area contributed by atoms with Gasteiger partial charge in [0.1, 0.15) is 6.04 Å². The van der Waals surface area contributed by atoms with E-state index in [9.17, 15) is 9.59 Å². The second-order valence-corrected chi connectivity index (χ2v) is 7.90. The van der Waals surface area contributed by atoms with Crippen LogP contribution in [0.25, 0.3) is 0 Å². The number of rotatable bonds is 9. The summed E-state index contributed by atoms with van der Waals surface area (Å²) < 4.78 is 0. The molecule has 4 nitrogen and oxygen atoms in total. The van der Waals surface area contributed by atoms with Crippen molar-refractivity contribution in [1.82, 2.24) is 10.2 Å². The number of nitrogens with zero attached hydrogens (tertiary/aromatic N) is 1. The van der Waals surface area contributed by atoms with E-state index in [1.54, 1.807) is 17.0 Å². The van der Waals surface area contributed by atoms with E-state index in [4.69, 9.17) is 23.2 Å². The Morgan fingerprint density at radius 3 is 2.41 bits per heavy atom. The maximum atomic E-state index is 13.3. The van der Waals surface area contributed by atoms with Crippen LogP contribution in [-0.4, -0.2) is 29.3 Å². The number of carbonyl (C=O) groups is 2. The molecule has 0 fully saturated rings. The predicted octanol–water partition coefficient (Wildman–Crippen LogP) is 5.18. The zero-order valence-electron chi connectivity index (χ0n) is 17.2. The predicted molar refractivity (Wildman–Crippen MR) is 119 cm³/mol. The van der Waals surface area contributed by atoms with Crippen LogP contribution in [0.3, 0.4) is 0 Å². The number of carbonyl (C=O) groups excluding carboxylic acids is 2. The van der Waals surface area contributed by atoms with Crippen LogP contribution in [-0.2, 0) is 22.6 Å². The number of aryl methyl sites for hydroxylation is 1. The fraction of sp³-hybridized carbons (Fsp3) is 0.391. The Hall–Kier alpha value is -2.04. The second kappa shape index (κ2) is 11.2. The summed E-state index contributed by atoms with van der Waals surface area (Å²) in [5.41, 5.74) is 2.85. The first kappa shape index (κ1) is 23.2. The van der Waals surface area contributed by atoms with Crippen LogP contribution in [0.4, 0.5) is 0 Å². The average molecular weight is 435 g/mol. The van der Waals surface area contributed by atoms with Gasteiger partial charge in [-0.3, -0.25) is 9.59 Å². The second-order valence-electron chi connectivity index (χ2n) is 7.09. The molecule has 2 aromatic rings. The lowest BCUT2D eigenvalue weighted by atomic mass is 10.0. The Labute approximate surface area is 183 Å². The van der Waals surface area contributed by atoms with Gasteiger partial charge in [-0.2, -0.15) is 0 Å². The van der Waals surface area contributed by atoms with E-state index in [0.29, 0.717) is 29.6 Å². The van der Waals surface area contributed by atoms with Gasteiger partial charge in [-0.1, -0.05) is 67.4 Å². The average Bonchev–Trinajstić information content (AvgIpc) is 2.70. The van der Waals surface area contributed by atoms with E-state index < -0.39 is 6.04 Å². The Balaban J connectivity index is 2.32. The molecule has 0 bridgehead atoms. The lowest BCUT2D eigenvalue weighted by Gasteiger charge is -2.31. The Morgan fingerprint density at radius 2 is 1.79 bits per heavy atom. The Kier molecular flexibility index (Phi) is 8.99. The molecule has 2 rings (SSSR count). The number of hydrogen-bond acceptors (Lipinski definition) is 2. The first-order valence-corrected chi connectivity index (χ1v) is 10.7. The van der Waals surface area contributed by atoms with E-state index in [1.807, 2.05) is 51.1 Å². The number of amides is 2. The van der Waals surface area contributed by atoms with Gasteiger partial charge in [0.15, 0.2) is 0 Å². The third-order valence-corrected chi connectivity index (χ3v) is 5.61. The topological polar surface area (TPSA) is 49.4 Å². The van der Waals surface area contributed by atoms with Crippen molar-refractivity contribution in [1.29, 1.82) is 0 Å². The molecular formula is C23H28Cl2N2O2. The monoisotopic (exact) mass is 434 g/mol. The molecule has 2 amide bonds. The quantitative estimate of drug-likeness (QED) is 0.590. The van der Waals surface area contributed by atoms with E-state index >= 15 is 0 Å². The molecule has 0 aliphatic carbocycles. The summed E-state index contributed by atoms with van der Waals surface area (Å²) in [7, 11) is 0. The fourth-order valence-corrected chi connectivity index (χ4v) is 3.51. The lowest BCUT2D eigenvalue weighted by Crippen LogP contribution is -2.49. The molecule has 0 radical (unpaired) electrons. The maximum absolute atomic E-state index is 13.3. The van der Waals surface area contributed by atoms with Crippen molar-refractivity contribution in [3.8, 4) is 0 Å². The molecule has 1 N–H and O–H groups in total. The Bertz CT molecular complexity index is 855. The summed E-state index contributed by atoms with van der Waals surface area (Å²) in [6, 6.07) is 12.5. The van der Waals surface area contributed by atoms with Crippen molar-refractivity contribution >= 4 is 35.0 Å². The summed E-state index contributed by atoms with van der Waals surface area (Å²) in [5, 5.41) is 3.81. The zero-order valence-corrected chi connectivity index (χ0v) is 18.7. The molecular weight excluding hydrogens is 407 g/mol. The lowest BCUT2D eigenvalue weighted by molar-refractivity contribution is -0.140. The van der Waals surface area contributed by atoms with Gasteiger partial charge in [-0.15, -0.1) is 0 Å². The molecule has 0 spiro atoms. The third kappa shape index (κ3) is 6.48. The smallest absolute Gasteiger partial charge is 0.242 e. The van der Waals surface area contributed by atoms with Crippen LogP contribution in [0.1, 0.15) is 43.4 Å². The van der Waals surface area contributed by atoms with Crippen LogP contribution in [0.5, 0.6) is 0 Å². The summed E-state index contributed by atoms with van der Waals surface area (Å²) in [4.78, 5) is 27.7. The van der Waals surface area contributed by atoms with Gasteiger partial charge in [0, 0.05) is 13.1 Å². The molecule has 0 heterocycles. The standard InChI is InChI=1S/C23H28Cl2N2O2/c1-4-12-26-23(29)21(5-2)27(15-17-10-11-19(24)20(25)13-17)22(28)14-18-9-7-6-8-16(18)3/h6-11,13,21H,4-5,12,14-15H2,1-3H3,(H,26,29). The molecule has 0 aliphatic rings. The van der Waals surface area contributed by atoms with Crippen molar-refractivity contribution in [2.24, 2.45) is 0 Å². The number of benzene rings is 2. The first-order chi connectivity index (χ1) is 13.9. The molecule has 0 saturated heterocycles. The summed E-state index contributed by atoms with van der Waals surface area (Å²) in [5.74, 6) is -0.226. The van der Waals surface area contributed by atoms with Crippen LogP contribution < -0.4 is 5.32 Å². The summed E-state index contributed by atoms with van der Waals surface area (Å²) in [6.07, 6.45) is 1.61. The molecule has 1 atom stereocenters. The highest BCUT2D eigenvalue weighted by molar-refractivity contribution is 6.42. The minimum absolute atomic E-state index is 0.0936. The molecule has 2 aromatic carbocycles. The van der Waals surface area contributed by atoms with Crippen molar-refractivity contribution in [2.75, 3.05) is 6.54 Å². The van der Waals surface area contributed by atoms with Gasteiger partial charge in [-0.05, 0) is 48.6 Å². The van der Waals surface area contributed by atoms with Crippen LogP contribution in [0.15, 0.2) is 42.5 Å². The number of hydrogen-bond donors (Lipinski definition) is 1. The zero-order chi connectivity index (χ0) is 21.4. The Morgan fingerprint density at radius 1 is 1.07 bits per heavy atom. The molecule has 29 heavy (non-hydrogen) atoms. The SMILES string of the molecule is CCCNC(=O)C(CC)N(Cc1ccc(Cl)c(Cl)c1)C(=O)Cc1ccccc1C. The van der Waals surface area contributed by atoms with Gasteiger partial charge in [0.25, 0.3) is 0 Å². The van der Waals surface area contributed by atoms with Crippen molar-refractivity contribution in [2.45, 2.75) is 52.6 Å². The molecule has 0 aliphatic heterocycles. The fourth-order valence-electron chi connectivity index (χ4n) is 3.19. The highest BCUT2D eigenvalue weighted by Crippen LogP contribution is 2.24. The molecule has 6 heteroatoms. The van der Waals surface area contributed by atoms with E-state index in [-0.39, 0.29) is 18.2 Å². The third-order valence-electron chi connectivity index (χ3n) is 4.88. The molecule has 1 unspecified atom stereocenters. The van der Waals surface area contributed by atoms with Crippen molar-refractivity contribution in [3.63, 3.8) is 0 Å². The van der Waals surface area contributed by atoms with Gasteiger partial charge in [0.2, 0.25) is 11.8 Å². The maximum Gasteiger partial charge on any atom is 0.242 e. The highest BCUT2D eigenvalue weighted by Gasteiger charge is 2.28. The van der Waals surface area contributed by atoms with E-state index in [0.717, 1.165) is 23.1 Å². The number of nitrogens with one attached hydrogen (secondary N) is 1. The van der Waals surface area contributed by atoms with Gasteiger partial charge >= 0.3 is 0 Å². The first-order valence-electron chi connectivity index (χ1n) is 9.92.